The average Bonchev–Trinajstić information content (AvgIpc) is 2.97. The molecule has 1 saturated heterocycles. The van der Waals surface area contributed by atoms with Crippen molar-refractivity contribution in [2.45, 2.75) is 51.2 Å². The van der Waals surface area contributed by atoms with Gasteiger partial charge in [-0.15, -0.1) is 5.10 Å². The fourth-order valence-electron chi connectivity index (χ4n) is 3.36. The third-order valence-electron chi connectivity index (χ3n) is 4.72. The molecule has 2 fully saturated rings. The van der Waals surface area contributed by atoms with Gasteiger partial charge < -0.3 is 10.6 Å². The van der Waals surface area contributed by atoms with Gasteiger partial charge in [-0.2, -0.15) is 0 Å². The van der Waals surface area contributed by atoms with Gasteiger partial charge in [-0.05, 0) is 68.2 Å². The Morgan fingerprint density at radius 1 is 1.32 bits per heavy atom. The zero-order chi connectivity index (χ0) is 17.8. The fraction of sp³-hybridized carbons (Fsp3) is 0.529. The van der Waals surface area contributed by atoms with Crippen LogP contribution in [0.15, 0.2) is 22.7 Å². The minimum Gasteiger partial charge on any atom is -0.325 e. The number of anilines is 1. The van der Waals surface area contributed by atoms with Gasteiger partial charge in [0, 0.05) is 21.8 Å². The highest BCUT2D eigenvalue weighted by molar-refractivity contribution is 9.10. The number of carbonyl (C=O) groups is 1. The predicted octanol–water partition coefficient (Wildman–Crippen LogP) is 2.55. The maximum Gasteiger partial charge on any atom is 0.241 e. The molecule has 1 aliphatic heterocycles. The van der Waals surface area contributed by atoms with E-state index in [1.165, 1.54) is 6.42 Å². The fourth-order valence-corrected chi connectivity index (χ4v) is 3.86. The second-order valence-electron chi connectivity index (χ2n) is 7.86. The Hall–Kier alpha value is -1.80. The number of carbonyl (C=O) groups excluding carboxylic acids is 1. The molecule has 0 radical (unpaired) electrons. The molecule has 2 aromatic rings. The number of hydrogen-bond acceptors (Lipinski definition) is 5. The van der Waals surface area contributed by atoms with Crippen LogP contribution in [0.25, 0.3) is 11.4 Å². The summed E-state index contributed by atoms with van der Waals surface area (Å²) in [5.74, 6) is 1.38. The lowest BCUT2D eigenvalue weighted by Crippen LogP contribution is -2.38. The topological polar surface area (TPSA) is 84.7 Å². The van der Waals surface area contributed by atoms with E-state index in [1.54, 1.807) is 4.68 Å². The van der Waals surface area contributed by atoms with Crippen molar-refractivity contribution < 1.29 is 4.79 Å². The van der Waals surface area contributed by atoms with Gasteiger partial charge in [0.05, 0.1) is 11.6 Å². The molecule has 1 aromatic heterocycles. The van der Waals surface area contributed by atoms with Gasteiger partial charge in [-0.1, -0.05) is 15.9 Å². The minimum atomic E-state index is -0.237. The quantitative estimate of drug-likeness (QED) is 0.820. The maximum atomic E-state index is 12.5. The van der Waals surface area contributed by atoms with E-state index in [4.69, 9.17) is 0 Å². The van der Waals surface area contributed by atoms with E-state index < -0.39 is 0 Å². The van der Waals surface area contributed by atoms with E-state index in [-0.39, 0.29) is 17.5 Å². The molecule has 1 aliphatic carbocycles. The molecule has 1 aromatic carbocycles. The lowest BCUT2D eigenvalue weighted by molar-refractivity contribution is -0.118. The molecule has 4 rings (SSSR count). The summed E-state index contributed by atoms with van der Waals surface area (Å²) < 4.78 is 2.65. The summed E-state index contributed by atoms with van der Waals surface area (Å²) in [6.07, 6.45) is 2.14. The number of tetrazole rings is 1. The van der Waals surface area contributed by atoms with Crippen molar-refractivity contribution in [3.63, 3.8) is 0 Å². The molecule has 7 nitrogen and oxygen atoms in total. The summed E-state index contributed by atoms with van der Waals surface area (Å²) >= 11 is 3.52. The molecule has 2 heterocycles. The number of nitrogens with one attached hydrogen (secondary N) is 2. The van der Waals surface area contributed by atoms with Gasteiger partial charge in [0.1, 0.15) is 0 Å². The van der Waals surface area contributed by atoms with Crippen molar-refractivity contribution in [2.75, 3.05) is 5.32 Å². The Kier molecular flexibility index (Phi) is 3.92. The van der Waals surface area contributed by atoms with Crippen molar-refractivity contribution >= 4 is 27.5 Å². The van der Waals surface area contributed by atoms with Crippen molar-refractivity contribution in [1.82, 2.24) is 25.5 Å². The van der Waals surface area contributed by atoms with E-state index in [0.29, 0.717) is 17.8 Å². The van der Waals surface area contributed by atoms with Gasteiger partial charge in [0.2, 0.25) is 5.91 Å². The zero-order valence-electron chi connectivity index (χ0n) is 14.5. The summed E-state index contributed by atoms with van der Waals surface area (Å²) in [5.41, 5.74) is 1.35. The first kappa shape index (κ1) is 16.7. The van der Waals surface area contributed by atoms with Crippen LogP contribution >= 0.6 is 15.9 Å². The van der Waals surface area contributed by atoms with Crippen LogP contribution in [0, 0.1) is 5.92 Å². The Balaban J connectivity index is 1.59. The summed E-state index contributed by atoms with van der Waals surface area (Å²) in [5, 5.41) is 18.5. The number of fused-ring (bicyclic) bond motifs is 1. The van der Waals surface area contributed by atoms with Crippen LogP contribution < -0.4 is 10.6 Å². The van der Waals surface area contributed by atoms with Gasteiger partial charge in [0.15, 0.2) is 5.82 Å². The number of amides is 1. The number of rotatable bonds is 3. The molecule has 1 saturated carbocycles. The lowest BCUT2D eigenvalue weighted by atomic mass is 10.1. The number of nitrogens with zero attached hydrogens (tertiary/aromatic N) is 4. The molecule has 0 spiro atoms. The molecule has 8 heteroatoms. The van der Waals surface area contributed by atoms with Gasteiger partial charge in [0.25, 0.3) is 0 Å². The maximum absolute atomic E-state index is 12.5. The molecule has 0 unspecified atom stereocenters. The number of halogens is 1. The third kappa shape index (κ3) is 3.32. The van der Waals surface area contributed by atoms with Crippen LogP contribution in [0.1, 0.15) is 33.6 Å². The van der Waals surface area contributed by atoms with Gasteiger partial charge in [-0.3, -0.25) is 4.79 Å². The molecule has 3 atom stereocenters. The second-order valence-corrected chi connectivity index (χ2v) is 8.78. The predicted molar refractivity (Wildman–Crippen MR) is 98.0 cm³/mol. The van der Waals surface area contributed by atoms with E-state index >= 15 is 0 Å². The average molecular weight is 405 g/mol. The highest BCUT2D eigenvalue weighted by atomic mass is 79.9. The highest BCUT2D eigenvalue weighted by Gasteiger charge is 2.47. The van der Waals surface area contributed by atoms with Gasteiger partial charge in [-0.25, -0.2) is 4.68 Å². The first-order valence-electron chi connectivity index (χ1n) is 8.48. The Bertz CT molecular complexity index is 817. The molecular formula is C17H21BrN6O. The highest BCUT2D eigenvalue weighted by Crippen LogP contribution is 2.41. The third-order valence-corrected chi connectivity index (χ3v) is 5.18. The molecule has 0 bridgehead atoms. The molecular weight excluding hydrogens is 384 g/mol. The van der Waals surface area contributed by atoms with Gasteiger partial charge >= 0.3 is 0 Å². The minimum absolute atomic E-state index is 0.0201. The van der Waals surface area contributed by atoms with E-state index in [1.807, 2.05) is 39.0 Å². The number of piperidine rings is 1. The van der Waals surface area contributed by atoms with Crippen molar-refractivity contribution in [3.8, 4) is 11.4 Å². The monoisotopic (exact) mass is 404 g/mol. The van der Waals surface area contributed by atoms with E-state index in [9.17, 15) is 4.79 Å². The standard InChI is InChI=1S/C17H21BrN6O/c1-17(2,3)24-15(21-22-23-24)10-4-11(18)8-12(5-10)19-16(25)14-7-9-6-13(9)20-14/h4-5,8-9,13-14,20H,6-7H2,1-3H3,(H,19,25)/t9-,13-,14+/m1/s1. The van der Waals surface area contributed by atoms with Crippen LogP contribution in [0.4, 0.5) is 5.69 Å². The Morgan fingerprint density at radius 2 is 2.12 bits per heavy atom. The van der Waals surface area contributed by atoms with E-state index in [2.05, 4.69) is 42.1 Å². The Morgan fingerprint density at radius 3 is 2.80 bits per heavy atom. The number of hydrogen-bond donors (Lipinski definition) is 2. The lowest BCUT2D eigenvalue weighted by Gasteiger charge is -2.20. The summed E-state index contributed by atoms with van der Waals surface area (Å²) in [6, 6.07) is 6.21. The molecule has 132 valence electrons. The van der Waals surface area contributed by atoms with E-state index in [0.717, 1.165) is 22.1 Å². The Labute approximate surface area is 154 Å². The van der Waals surface area contributed by atoms with Crippen LogP contribution in [0.5, 0.6) is 0 Å². The molecule has 2 N–H and O–H groups in total. The number of aromatic nitrogens is 4. The van der Waals surface area contributed by atoms with Crippen molar-refractivity contribution in [1.29, 1.82) is 0 Å². The largest absolute Gasteiger partial charge is 0.325 e. The second kappa shape index (κ2) is 5.88. The van der Waals surface area contributed by atoms with Crippen LogP contribution in [0.3, 0.4) is 0 Å². The summed E-state index contributed by atoms with van der Waals surface area (Å²) in [4.78, 5) is 12.5. The van der Waals surface area contributed by atoms with Crippen molar-refractivity contribution in [2.24, 2.45) is 5.92 Å². The molecule has 1 amide bonds. The summed E-state index contributed by atoms with van der Waals surface area (Å²) in [7, 11) is 0. The van der Waals surface area contributed by atoms with Crippen LogP contribution in [0.2, 0.25) is 0 Å². The van der Waals surface area contributed by atoms with Crippen molar-refractivity contribution in [3.05, 3.63) is 22.7 Å². The first-order chi connectivity index (χ1) is 11.8. The zero-order valence-corrected chi connectivity index (χ0v) is 16.0. The molecule has 2 aliphatic rings. The normalized spacial score (nSPS) is 24.9. The first-order valence-corrected chi connectivity index (χ1v) is 9.27. The SMILES string of the molecule is CC(C)(C)n1nnnc1-c1cc(Br)cc(NC(=O)[C@@H]2C[C@H]3C[C@H]3N2)c1. The van der Waals surface area contributed by atoms with Crippen LogP contribution in [-0.4, -0.2) is 38.2 Å². The van der Waals surface area contributed by atoms with Crippen LogP contribution in [-0.2, 0) is 10.3 Å². The summed E-state index contributed by atoms with van der Waals surface area (Å²) in [6.45, 7) is 6.14. The smallest absolute Gasteiger partial charge is 0.241 e. The number of benzene rings is 1. The molecule has 25 heavy (non-hydrogen) atoms.